The average molecular weight is 907 g/mol. The van der Waals surface area contributed by atoms with Crippen LogP contribution in [0.2, 0.25) is 0 Å². The first-order chi connectivity index (χ1) is 30.0. The minimum absolute atomic E-state index is 0.160. The molecule has 64 heavy (non-hydrogen) atoms. The summed E-state index contributed by atoms with van der Waals surface area (Å²) in [6.07, 6.45) is -16.7. The summed E-state index contributed by atoms with van der Waals surface area (Å²) >= 11 is 0. The monoisotopic (exact) mass is 906 g/mol. The highest BCUT2D eigenvalue weighted by Gasteiger charge is 2.58. The zero-order valence-corrected chi connectivity index (χ0v) is 36.3. The number of ketones is 2. The van der Waals surface area contributed by atoms with Crippen LogP contribution in [0.15, 0.2) is 35.4 Å². The first-order valence-corrected chi connectivity index (χ1v) is 19.7. The molecule has 0 amide bonds. The van der Waals surface area contributed by atoms with Crippen LogP contribution in [0.4, 0.5) is 0 Å². The van der Waals surface area contributed by atoms with Gasteiger partial charge in [0.25, 0.3) is 0 Å². The molecule has 0 radical (unpaired) electrons. The van der Waals surface area contributed by atoms with Crippen LogP contribution in [-0.4, -0.2) is 144 Å². The lowest BCUT2D eigenvalue weighted by Crippen LogP contribution is -2.67. The quantitative estimate of drug-likeness (QED) is 0.103. The molecule has 2 N–H and O–H groups in total. The fraction of sp³-hybridized carbons (Fsp3) is 0.548. The summed E-state index contributed by atoms with van der Waals surface area (Å²) in [6, 6.07) is 2.05. The van der Waals surface area contributed by atoms with E-state index >= 15 is 0 Å². The number of esters is 7. The number of carbonyl (C=O) groups excluding carboxylic acids is 9. The summed E-state index contributed by atoms with van der Waals surface area (Å²) < 4.78 is 63.4. The maximum atomic E-state index is 14.0. The van der Waals surface area contributed by atoms with E-state index in [0.717, 1.165) is 72.2 Å². The molecule has 3 aliphatic rings. The third-order valence-electron chi connectivity index (χ3n) is 9.45. The van der Waals surface area contributed by atoms with Crippen LogP contribution in [-0.2, 0) is 85.7 Å². The van der Waals surface area contributed by atoms with Crippen LogP contribution in [0.3, 0.4) is 0 Å². The predicted molar refractivity (Wildman–Crippen MR) is 209 cm³/mol. The van der Waals surface area contributed by atoms with E-state index < -0.39 is 157 Å². The molecule has 1 aliphatic carbocycles. The van der Waals surface area contributed by atoms with Crippen molar-refractivity contribution >= 4 is 53.4 Å². The van der Waals surface area contributed by atoms with Crippen molar-refractivity contribution in [1.29, 1.82) is 0 Å². The Labute approximate surface area is 365 Å². The molecular formula is C42H50O22. The van der Waals surface area contributed by atoms with Gasteiger partial charge in [-0.2, -0.15) is 0 Å². The van der Waals surface area contributed by atoms with E-state index in [1.807, 2.05) is 0 Å². The normalized spacial score (nSPS) is 26.7. The van der Waals surface area contributed by atoms with Crippen LogP contribution in [0.5, 0.6) is 11.5 Å². The maximum absolute atomic E-state index is 14.0. The third-order valence-corrected chi connectivity index (χ3v) is 9.45. The molecule has 1 aromatic rings. The van der Waals surface area contributed by atoms with Gasteiger partial charge in [-0.05, 0) is 38.5 Å². The van der Waals surface area contributed by atoms with Crippen LogP contribution >= 0.6 is 0 Å². The van der Waals surface area contributed by atoms with Gasteiger partial charge in [-0.25, -0.2) is 0 Å². The fourth-order valence-corrected chi connectivity index (χ4v) is 7.06. The number of fused-ring (bicyclic) bond motifs is 1. The van der Waals surface area contributed by atoms with Crippen molar-refractivity contribution in [3.05, 3.63) is 46.6 Å². The number of benzene rings is 1. The van der Waals surface area contributed by atoms with Crippen LogP contribution in [0.25, 0.3) is 0 Å². The van der Waals surface area contributed by atoms with Crippen molar-refractivity contribution in [1.82, 2.24) is 0 Å². The molecule has 0 aromatic heterocycles. The zero-order chi connectivity index (χ0) is 47.7. The molecule has 1 aromatic carbocycles. The largest absolute Gasteiger partial charge is 0.507 e. The minimum Gasteiger partial charge on any atom is -0.507 e. The SMILES string of the molecule is CC(=O)OC[C@H]1O[C@H](O[C@H]2[C@H](OC(C)=O)[C@@H](OC(C)=O)[C@H](OC(CC=C(C)C)C3=CC(=O)c4c(O)ccc(O)c4C3=O)O[C@@H]2COC(C)=O)[C@H](OC(C)=O)[C@@H](OC(C)=O)[C@@H]1OC(C)=O. The fourth-order valence-electron chi connectivity index (χ4n) is 7.06. The first kappa shape index (κ1) is 50.4. The molecule has 22 heteroatoms. The average Bonchev–Trinajstić information content (AvgIpc) is 3.17. The van der Waals surface area contributed by atoms with Gasteiger partial charge >= 0.3 is 41.8 Å². The molecule has 11 atom stereocenters. The van der Waals surface area contributed by atoms with Crippen molar-refractivity contribution in [2.75, 3.05) is 13.2 Å². The molecule has 2 saturated heterocycles. The van der Waals surface area contributed by atoms with Crippen molar-refractivity contribution < 1.29 is 105 Å². The van der Waals surface area contributed by atoms with Crippen molar-refractivity contribution in [2.45, 2.75) is 136 Å². The summed E-state index contributed by atoms with van der Waals surface area (Å²) in [5.41, 5.74) is -0.592. The summed E-state index contributed by atoms with van der Waals surface area (Å²) in [4.78, 5) is 115. The van der Waals surface area contributed by atoms with Gasteiger partial charge in [-0.3, -0.25) is 43.2 Å². The standard InChI is InChI=1S/C42H50O22/c1-17(2)10-13-29(25-14-28(52)32-26(50)11-12-27(51)33(32)34(25)53)61-41-39(59-23(8)48)38(58-22(7)47)36(31(62-41)16-55-19(4)44)64-42-40(60-24(9)49)37(57-21(6)46)35(56-20(5)45)30(63-42)15-54-18(3)43/h10-12,14,29-31,35-42,50-51H,13,15-16H2,1-9H3/t29?,30-,31-,35-,36-,37+,38+,39-,40-,41-,42-/m1/s1. The molecule has 2 heterocycles. The number of aromatic hydroxyl groups is 2. The van der Waals surface area contributed by atoms with E-state index in [-0.39, 0.29) is 12.0 Å². The highest BCUT2D eigenvalue weighted by atomic mass is 16.8. The lowest BCUT2D eigenvalue weighted by atomic mass is 9.85. The summed E-state index contributed by atoms with van der Waals surface area (Å²) in [5, 5.41) is 21.1. The van der Waals surface area contributed by atoms with Gasteiger partial charge < -0.3 is 62.3 Å². The number of phenolic OH excluding ortho intramolecular Hbond substituents is 2. The third kappa shape index (κ3) is 12.9. The van der Waals surface area contributed by atoms with Crippen LogP contribution < -0.4 is 0 Å². The first-order valence-electron chi connectivity index (χ1n) is 19.7. The number of hydrogen-bond acceptors (Lipinski definition) is 22. The lowest BCUT2D eigenvalue weighted by Gasteiger charge is -2.49. The van der Waals surface area contributed by atoms with E-state index in [1.54, 1.807) is 19.9 Å². The van der Waals surface area contributed by atoms with E-state index in [9.17, 15) is 53.4 Å². The number of hydrogen-bond donors (Lipinski definition) is 2. The second kappa shape index (κ2) is 21.9. The van der Waals surface area contributed by atoms with Gasteiger partial charge in [0.15, 0.2) is 54.7 Å². The molecular weight excluding hydrogens is 856 g/mol. The van der Waals surface area contributed by atoms with Gasteiger partial charge in [-0.1, -0.05) is 11.6 Å². The number of Topliss-reactive ketones (excluding diaryl/α,β-unsaturated/α-hetero) is 1. The van der Waals surface area contributed by atoms with Crippen molar-refractivity contribution in [2.24, 2.45) is 0 Å². The van der Waals surface area contributed by atoms with Crippen LogP contribution in [0, 0.1) is 0 Å². The molecule has 0 spiro atoms. The number of allylic oxidation sites excluding steroid dienone is 2. The predicted octanol–water partition coefficient (Wildman–Crippen LogP) is 1.76. The highest BCUT2D eigenvalue weighted by Crippen LogP contribution is 2.39. The Bertz CT molecular complexity index is 2070. The second-order valence-corrected chi connectivity index (χ2v) is 15.0. The summed E-state index contributed by atoms with van der Waals surface area (Å²) in [5.74, 6) is -9.51. The van der Waals surface area contributed by atoms with Gasteiger partial charge in [-0.15, -0.1) is 0 Å². The Morgan fingerprint density at radius 3 is 1.48 bits per heavy atom. The van der Waals surface area contributed by atoms with E-state index in [1.165, 1.54) is 0 Å². The number of ether oxygens (including phenoxy) is 11. The number of rotatable bonds is 16. The summed E-state index contributed by atoms with van der Waals surface area (Å²) in [6.45, 7) is 9.14. The molecule has 2 fully saturated rings. The molecule has 2 aliphatic heterocycles. The highest BCUT2D eigenvalue weighted by molar-refractivity contribution is 6.27. The Kier molecular flexibility index (Phi) is 17.3. The topological polar surface area (TPSA) is 296 Å². The van der Waals surface area contributed by atoms with Crippen molar-refractivity contribution in [3.8, 4) is 11.5 Å². The Morgan fingerprint density at radius 1 is 0.578 bits per heavy atom. The Balaban J connectivity index is 1.89. The van der Waals surface area contributed by atoms with Gasteiger partial charge in [0.1, 0.15) is 43.0 Å². The zero-order valence-electron chi connectivity index (χ0n) is 36.3. The summed E-state index contributed by atoms with van der Waals surface area (Å²) in [7, 11) is 0. The molecule has 350 valence electrons. The Hall–Kier alpha value is -6.23. The second-order valence-electron chi connectivity index (χ2n) is 15.0. The van der Waals surface area contributed by atoms with Gasteiger partial charge in [0.05, 0.1) is 17.2 Å². The molecule has 4 rings (SSSR count). The van der Waals surface area contributed by atoms with E-state index in [4.69, 9.17) is 52.1 Å². The lowest BCUT2D eigenvalue weighted by molar-refractivity contribution is -0.363. The molecule has 0 bridgehead atoms. The number of phenols is 2. The van der Waals surface area contributed by atoms with Gasteiger partial charge in [0, 0.05) is 54.0 Å². The van der Waals surface area contributed by atoms with E-state index in [2.05, 4.69) is 0 Å². The maximum Gasteiger partial charge on any atom is 0.303 e. The minimum atomic E-state index is -1.94. The smallest absolute Gasteiger partial charge is 0.303 e. The molecule has 22 nitrogen and oxygen atoms in total. The van der Waals surface area contributed by atoms with Crippen LogP contribution in [0.1, 0.15) is 89.5 Å². The Morgan fingerprint density at radius 2 is 1.00 bits per heavy atom. The molecule has 1 unspecified atom stereocenters. The van der Waals surface area contributed by atoms with Gasteiger partial charge in [0.2, 0.25) is 0 Å². The van der Waals surface area contributed by atoms with Crippen molar-refractivity contribution in [3.63, 3.8) is 0 Å². The van der Waals surface area contributed by atoms with E-state index in [0.29, 0.717) is 0 Å². The number of carbonyl (C=O) groups is 9. The molecule has 0 saturated carbocycles.